The fraction of sp³-hybridized carbons (Fsp3) is 0.526. The number of imide groups is 1. The molecule has 2 atom stereocenters. The van der Waals surface area contributed by atoms with Crippen LogP contribution in [-0.2, 0) is 11.5 Å². The van der Waals surface area contributed by atoms with Gasteiger partial charge >= 0.3 is 6.03 Å². The van der Waals surface area contributed by atoms with Crippen molar-refractivity contribution in [1.82, 2.24) is 25.2 Å². The van der Waals surface area contributed by atoms with Crippen LogP contribution in [0.1, 0.15) is 40.0 Å². The molecule has 8 nitrogen and oxygen atoms in total. The summed E-state index contributed by atoms with van der Waals surface area (Å²) in [7, 11) is 0. The summed E-state index contributed by atoms with van der Waals surface area (Å²) in [6, 6.07) is 6.38. The molecule has 1 spiro atoms. The van der Waals surface area contributed by atoms with E-state index < -0.39 is 11.6 Å². The molecule has 142 valence electrons. The molecule has 4 rings (SSSR count). The van der Waals surface area contributed by atoms with Crippen LogP contribution in [0.3, 0.4) is 0 Å². The number of carbonyl (C=O) groups is 2. The lowest BCUT2D eigenvalue weighted by Gasteiger charge is -2.43. The molecule has 1 saturated heterocycles. The van der Waals surface area contributed by atoms with Gasteiger partial charge in [-0.2, -0.15) is 4.68 Å². The lowest BCUT2D eigenvalue weighted by atomic mass is 9.64. The zero-order valence-electron chi connectivity index (χ0n) is 15.7. The van der Waals surface area contributed by atoms with E-state index in [-0.39, 0.29) is 23.6 Å². The second kappa shape index (κ2) is 5.87. The number of carbonyl (C=O) groups excluding carboxylic acids is 2. The van der Waals surface area contributed by atoms with Crippen LogP contribution in [0.2, 0.25) is 0 Å². The first-order valence-electron chi connectivity index (χ1n) is 9.17. The Kier molecular flexibility index (Phi) is 3.83. The van der Waals surface area contributed by atoms with Crippen molar-refractivity contribution in [3.05, 3.63) is 34.6 Å². The van der Waals surface area contributed by atoms with Crippen molar-refractivity contribution in [2.24, 2.45) is 11.3 Å². The Balaban J connectivity index is 1.66. The van der Waals surface area contributed by atoms with E-state index >= 15 is 0 Å². The van der Waals surface area contributed by atoms with E-state index in [9.17, 15) is 14.4 Å². The molecule has 1 saturated carbocycles. The van der Waals surface area contributed by atoms with Gasteiger partial charge in [-0.15, -0.1) is 5.10 Å². The summed E-state index contributed by atoms with van der Waals surface area (Å²) in [4.78, 5) is 39.5. The number of hydrogen-bond acceptors (Lipinski definition) is 5. The van der Waals surface area contributed by atoms with Crippen LogP contribution in [0.15, 0.2) is 29.1 Å². The zero-order valence-corrected chi connectivity index (χ0v) is 15.7. The standard InChI is InChI=1S/C19H23N5O3/c1-12-8-18(2,3)10-19(9-12)16(26)23(17(27)20-19)11-24-15(25)13-6-4-5-7-14(13)21-22-24/h4-7,12H,8-11H2,1-3H3,(H,20,27)/t12-,19+/m0/s1. The van der Waals surface area contributed by atoms with E-state index in [2.05, 4.69) is 36.4 Å². The average molecular weight is 369 g/mol. The topological polar surface area (TPSA) is 97.2 Å². The Hall–Kier alpha value is -2.77. The Morgan fingerprint density at radius 1 is 1.19 bits per heavy atom. The van der Waals surface area contributed by atoms with Gasteiger partial charge in [0.15, 0.2) is 0 Å². The molecule has 0 unspecified atom stereocenters. The molecule has 1 aliphatic heterocycles. The maximum atomic E-state index is 13.2. The molecule has 1 aliphatic carbocycles. The van der Waals surface area contributed by atoms with Gasteiger partial charge in [-0.05, 0) is 42.7 Å². The first-order valence-corrected chi connectivity index (χ1v) is 9.17. The number of aromatic nitrogens is 3. The highest BCUT2D eigenvalue weighted by molar-refractivity contribution is 6.06. The molecule has 1 aromatic heterocycles. The van der Waals surface area contributed by atoms with Crippen molar-refractivity contribution < 1.29 is 9.59 Å². The number of rotatable bonds is 2. The van der Waals surface area contributed by atoms with Gasteiger partial charge in [0.05, 0.1) is 5.39 Å². The van der Waals surface area contributed by atoms with Crippen LogP contribution >= 0.6 is 0 Å². The Morgan fingerprint density at radius 2 is 1.93 bits per heavy atom. The number of nitrogens with zero attached hydrogens (tertiary/aromatic N) is 4. The molecule has 1 aromatic carbocycles. The van der Waals surface area contributed by atoms with Crippen molar-refractivity contribution in [2.75, 3.05) is 0 Å². The van der Waals surface area contributed by atoms with E-state index in [1.54, 1.807) is 24.3 Å². The SMILES string of the molecule is C[C@H]1CC(C)(C)C[C@@]2(C1)NC(=O)N(Cn1nnc3ccccc3c1=O)C2=O. The van der Waals surface area contributed by atoms with Gasteiger partial charge < -0.3 is 5.32 Å². The van der Waals surface area contributed by atoms with E-state index in [1.807, 2.05) is 0 Å². The monoisotopic (exact) mass is 369 g/mol. The van der Waals surface area contributed by atoms with Gasteiger partial charge in [0.25, 0.3) is 11.5 Å². The van der Waals surface area contributed by atoms with Crippen molar-refractivity contribution in [3.63, 3.8) is 0 Å². The normalized spacial score (nSPS) is 27.4. The Morgan fingerprint density at radius 3 is 2.67 bits per heavy atom. The van der Waals surface area contributed by atoms with E-state index in [1.165, 1.54) is 0 Å². The summed E-state index contributed by atoms with van der Waals surface area (Å²) < 4.78 is 1.07. The van der Waals surface area contributed by atoms with Gasteiger partial charge in [-0.1, -0.05) is 38.1 Å². The summed E-state index contributed by atoms with van der Waals surface area (Å²) in [6.07, 6.45) is 2.20. The van der Waals surface area contributed by atoms with Crippen LogP contribution in [0.25, 0.3) is 10.9 Å². The Bertz CT molecular complexity index is 998. The minimum Gasteiger partial charge on any atom is -0.323 e. The molecule has 2 heterocycles. The quantitative estimate of drug-likeness (QED) is 0.815. The Labute approximate surface area is 156 Å². The number of fused-ring (bicyclic) bond motifs is 1. The number of benzene rings is 1. The summed E-state index contributed by atoms with van der Waals surface area (Å²) in [5.41, 5.74) is -0.836. The predicted octanol–water partition coefficient (Wildman–Crippen LogP) is 1.89. The van der Waals surface area contributed by atoms with Gasteiger partial charge in [0.1, 0.15) is 17.7 Å². The summed E-state index contributed by atoms with van der Waals surface area (Å²) in [5.74, 6) is 0.0371. The first kappa shape index (κ1) is 17.6. The van der Waals surface area contributed by atoms with Crippen LogP contribution in [0, 0.1) is 11.3 Å². The lowest BCUT2D eigenvalue weighted by Crippen LogP contribution is -2.54. The average Bonchev–Trinajstić information content (AvgIpc) is 2.79. The van der Waals surface area contributed by atoms with Crippen molar-refractivity contribution in [1.29, 1.82) is 0 Å². The van der Waals surface area contributed by atoms with Gasteiger partial charge in [0, 0.05) is 0 Å². The second-order valence-electron chi connectivity index (χ2n) is 8.65. The van der Waals surface area contributed by atoms with Gasteiger partial charge in [0.2, 0.25) is 0 Å². The zero-order chi connectivity index (χ0) is 19.4. The molecular weight excluding hydrogens is 346 g/mol. The molecule has 2 aliphatic rings. The largest absolute Gasteiger partial charge is 0.326 e. The second-order valence-corrected chi connectivity index (χ2v) is 8.65. The number of urea groups is 1. The summed E-state index contributed by atoms with van der Waals surface area (Å²) >= 11 is 0. The third-order valence-electron chi connectivity index (χ3n) is 5.53. The van der Waals surface area contributed by atoms with Gasteiger partial charge in [-0.3, -0.25) is 9.59 Å². The molecule has 3 amide bonds. The number of hydrogen-bond donors (Lipinski definition) is 1. The maximum Gasteiger partial charge on any atom is 0.326 e. The molecule has 8 heteroatoms. The highest BCUT2D eigenvalue weighted by Gasteiger charge is 2.56. The molecule has 1 N–H and O–H groups in total. The van der Waals surface area contributed by atoms with E-state index in [0.29, 0.717) is 29.7 Å². The van der Waals surface area contributed by atoms with Gasteiger partial charge in [-0.25, -0.2) is 9.69 Å². The minimum absolute atomic E-state index is 0.0454. The predicted molar refractivity (Wildman–Crippen MR) is 98.7 cm³/mol. The molecule has 0 radical (unpaired) electrons. The van der Waals surface area contributed by atoms with E-state index in [4.69, 9.17) is 0 Å². The molecule has 27 heavy (non-hydrogen) atoms. The summed E-state index contributed by atoms with van der Waals surface area (Å²) in [6.45, 7) is 6.10. The van der Waals surface area contributed by atoms with Crippen molar-refractivity contribution >= 4 is 22.8 Å². The van der Waals surface area contributed by atoms with Crippen molar-refractivity contribution in [3.8, 4) is 0 Å². The van der Waals surface area contributed by atoms with Crippen molar-refractivity contribution in [2.45, 2.75) is 52.2 Å². The van der Waals surface area contributed by atoms with Crippen LogP contribution < -0.4 is 10.9 Å². The third-order valence-corrected chi connectivity index (χ3v) is 5.53. The molecule has 0 bridgehead atoms. The smallest absolute Gasteiger partial charge is 0.323 e. The first-order chi connectivity index (χ1) is 12.7. The van der Waals surface area contributed by atoms with E-state index in [0.717, 1.165) is 16.0 Å². The van der Waals surface area contributed by atoms with Crippen LogP contribution in [0.4, 0.5) is 4.79 Å². The highest BCUT2D eigenvalue weighted by Crippen LogP contribution is 2.46. The minimum atomic E-state index is -0.897. The fourth-order valence-corrected chi connectivity index (χ4v) is 4.88. The van der Waals surface area contributed by atoms with Crippen LogP contribution in [0.5, 0.6) is 0 Å². The fourth-order valence-electron chi connectivity index (χ4n) is 4.88. The lowest BCUT2D eigenvalue weighted by molar-refractivity contribution is -0.136. The molecular formula is C19H23N5O3. The summed E-state index contributed by atoms with van der Waals surface area (Å²) in [5, 5.41) is 11.2. The number of nitrogens with one attached hydrogen (secondary N) is 1. The maximum absolute atomic E-state index is 13.2. The number of amides is 3. The molecule has 2 fully saturated rings. The third kappa shape index (κ3) is 2.89. The molecule has 2 aromatic rings. The highest BCUT2D eigenvalue weighted by atomic mass is 16.2. The van der Waals surface area contributed by atoms with Crippen LogP contribution in [-0.4, -0.2) is 37.4 Å².